The largest absolute Gasteiger partial charge is 0.481 e. The quantitative estimate of drug-likeness (QED) is 0.139. The second kappa shape index (κ2) is 14.2. The fraction of sp³-hybridized carbons (Fsp3) is 0.625. The molecule has 0 saturated carbocycles. The van der Waals surface area contributed by atoms with Gasteiger partial charge in [-0.25, -0.2) is 4.79 Å². The van der Waals surface area contributed by atoms with Gasteiger partial charge in [-0.3, -0.25) is 24.0 Å². The Morgan fingerprint density at radius 3 is 2.03 bits per heavy atom. The molecule has 0 aliphatic rings. The number of nitrogens with two attached hydrogens (primary N) is 1. The van der Waals surface area contributed by atoms with Gasteiger partial charge in [0, 0.05) is 6.42 Å². The average molecular weight is 450 g/mol. The van der Waals surface area contributed by atoms with Crippen LogP contribution in [0.25, 0.3) is 0 Å². The van der Waals surface area contributed by atoms with Crippen LogP contribution in [0.15, 0.2) is 0 Å². The molecule has 0 aromatic heterocycles. The topological polar surface area (TPSA) is 225 Å². The molecule has 14 heteroatoms. The van der Waals surface area contributed by atoms with Crippen molar-refractivity contribution in [2.45, 2.75) is 43.8 Å². The van der Waals surface area contributed by atoms with Crippen molar-refractivity contribution >= 4 is 47.4 Å². The van der Waals surface area contributed by atoms with E-state index in [2.05, 4.69) is 10.6 Å². The molecule has 170 valence electrons. The normalized spacial score (nSPS) is 13.4. The molecule has 0 saturated heterocycles. The van der Waals surface area contributed by atoms with Crippen molar-refractivity contribution < 1.29 is 44.1 Å². The van der Waals surface area contributed by atoms with Gasteiger partial charge in [-0.2, -0.15) is 11.8 Å². The summed E-state index contributed by atoms with van der Waals surface area (Å²) in [5, 5.41) is 32.9. The highest BCUT2D eigenvalue weighted by Gasteiger charge is 2.27. The first kappa shape index (κ1) is 27.1. The van der Waals surface area contributed by atoms with Crippen LogP contribution in [-0.4, -0.2) is 87.6 Å². The molecule has 0 bridgehead atoms. The molecule has 0 rings (SSSR count). The standard InChI is InChI=1S/C16H26N4O9S/c1-30-5-4-8(17)14(26)20-10(6-13(24)25)15(27)18-7-11(21)19-9(16(28)29)2-3-12(22)23/h8-10H,2-7,17H2,1H3,(H,18,27)(H,19,21)(H,20,26)(H,22,23)(H,24,25)(H,28,29). The van der Waals surface area contributed by atoms with Gasteiger partial charge < -0.3 is 37.0 Å². The molecule has 0 aromatic carbocycles. The maximum Gasteiger partial charge on any atom is 0.326 e. The number of hydrogen-bond donors (Lipinski definition) is 7. The summed E-state index contributed by atoms with van der Waals surface area (Å²) < 4.78 is 0. The smallest absolute Gasteiger partial charge is 0.326 e. The van der Waals surface area contributed by atoms with Crippen molar-refractivity contribution in [3.63, 3.8) is 0 Å². The van der Waals surface area contributed by atoms with Crippen molar-refractivity contribution in [3.8, 4) is 0 Å². The molecule has 0 heterocycles. The van der Waals surface area contributed by atoms with Gasteiger partial charge in [-0.05, 0) is 24.9 Å². The Morgan fingerprint density at radius 2 is 1.53 bits per heavy atom. The third kappa shape index (κ3) is 11.9. The van der Waals surface area contributed by atoms with Crippen LogP contribution in [0.2, 0.25) is 0 Å². The first-order chi connectivity index (χ1) is 14.0. The zero-order valence-electron chi connectivity index (χ0n) is 16.3. The molecule has 0 radical (unpaired) electrons. The minimum Gasteiger partial charge on any atom is -0.481 e. The van der Waals surface area contributed by atoms with Crippen LogP contribution < -0.4 is 21.7 Å². The number of aliphatic carboxylic acids is 3. The molecule has 30 heavy (non-hydrogen) atoms. The predicted molar refractivity (Wildman–Crippen MR) is 105 cm³/mol. The number of nitrogens with one attached hydrogen (secondary N) is 3. The van der Waals surface area contributed by atoms with Gasteiger partial charge in [-0.15, -0.1) is 0 Å². The molecule has 3 atom stereocenters. The van der Waals surface area contributed by atoms with Crippen molar-refractivity contribution in [1.29, 1.82) is 0 Å². The second-order valence-corrected chi connectivity index (χ2v) is 7.14. The summed E-state index contributed by atoms with van der Waals surface area (Å²) in [5.41, 5.74) is 5.67. The molecule has 3 amide bonds. The van der Waals surface area contributed by atoms with Crippen molar-refractivity contribution in [1.82, 2.24) is 16.0 Å². The molecule has 13 nitrogen and oxygen atoms in total. The summed E-state index contributed by atoms with van der Waals surface area (Å²) in [4.78, 5) is 68.6. The number of amides is 3. The number of carbonyl (C=O) groups is 6. The van der Waals surface area contributed by atoms with Crippen molar-refractivity contribution in [2.24, 2.45) is 5.73 Å². The van der Waals surface area contributed by atoms with E-state index < -0.39 is 73.1 Å². The number of thioether (sulfide) groups is 1. The SMILES string of the molecule is CSCCC(N)C(=O)NC(CC(=O)O)C(=O)NCC(=O)NC(CCC(=O)O)C(=O)O. The first-order valence-corrected chi connectivity index (χ1v) is 10.2. The van der Waals surface area contributed by atoms with E-state index in [1.54, 1.807) is 0 Å². The predicted octanol–water partition coefficient (Wildman–Crippen LogP) is -2.42. The Labute approximate surface area is 176 Å². The van der Waals surface area contributed by atoms with Crippen molar-refractivity contribution in [2.75, 3.05) is 18.6 Å². The number of carbonyl (C=O) groups excluding carboxylic acids is 3. The van der Waals surface area contributed by atoms with E-state index >= 15 is 0 Å². The molecule has 0 aromatic rings. The molecule has 0 fully saturated rings. The molecule has 8 N–H and O–H groups in total. The Bertz CT molecular complexity index is 659. The third-order valence-electron chi connectivity index (χ3n) is 3.68. The average Bonchev–Trinajstić information content (AvgIpc) is 2.65. The molecule has 3 unspecified atom stereocenters. The van der Waals surface area contributed by atoms with E-state index in [1.807, 2.05) is 11.6 Å². The molecule has 0 aliphatic heterocycles. The van der Waals surface area contributed by atoms with Crippen LogP contribution in [0, 0.1) is 0 Å². The molecule has 0 spiro atoms. The van der Waals surface area contributed by atoms with Crippen LogP contribution in [0.5, 0.6) is 0 Å². The lowest BCUT2D eigenvalue weighted by Crippen LogP contribution is -2.54. The number of hydrogen-bond acceptors (Lipinski definition) is 8. The fourth-order valence-electron chi connectivity index (χ4n) is 2.10. The Kier molecular flexibility index (Phi) is 12.8. The summed E-state index contributed by atoms with van der Waals surface area (Å²) in [6.45, 7) is -0.708. The Hall–Kier alpha value is -2.87. The van der Waals surface area contributed by atoms with Gasteiger partial charge in [-0.1, -0.05) is 0 Å². The van der Waals surface area contributed by atoms with E-state index in [-0.39, 0.29) is 6.42 Å². The summed E-state index contributed by atoms with van der Waals surface area (Å²) in [6.07, 6.45) is 0.505. The van der Waals surface area contributed by atoms with Crippen molar-refractivity contribution in [3.05, 3.63) is 0 Å². The van der Waals surface area contributed by atoms with Crippen LogP contribution >= 0.6 is 11.8 Å². The van der Waals surface area contributed by atoms with Gasteiger partial charge in [0.15, 0.2) is 0 Å². The molecular formula is C16H26N4O9S. The van der Waals surface area contributed by atoms with E-state index in [4.69, 9.17) is 21.1 Å². The highest BCUT2D eigenvalue weighted by Crippen LogP contribution is 2.01. The van der Waals surface area contributed by atoms with Gasteiger partial charge in [0.05, 0.1) is 19.0 Å². The minimum absolute atomic E-state index is 0.309. The van der Waals surface area contributed by atoms with Gasteiger partial charge in [0.25, 0.3) is 0 Å². The number of carboxylic acids is 3. The highest BCUT2D eigenvalue weighted by molar-refractivity contribution is 7.98. The summed E-state index contributed by atoms with van der Waals surface area (Å²) >= 11 is 1.45. The number of carboxylic acid groups (broad SMARTS) is 3. The summed E-state index contributed by atoms with van der Waals surface area (Å²) in [7, 11) is 0. The highest BCUT2D eigenvalue weighted by atomic mass is 32.2. The Morgan fingerprint density at radius 1 is 0.900 bits per heavy atom. The lowest BCUT2D eigenvalue weighted by atomic mass is 10.1. The number of rotatable bonds is 15. The zero-order valence-corrected chi connectivity index (χ0v) is 17.1. The third-order valence-corrected chi connectivity index (χ3v) is 4.33. The minimum atomic E-state index is -1.49. The molecular weight excluding hydrogens is 424 g/mol. The van der Waals surface area contributed by atoms with Crippen LogP contribution in [-0.2, 0) is 28.8 Å². The zero-order chi connectivity index (χ0) is 23.3. The van der Waals surface area contributed by atoms with Crippen LogP contribution in [0.4, 0.5) is 0 Å². The second-order valence-electron chi connectivity index (χ2n) is 6.16. The van der Waals surface area contributed by atoms with Gasteiger partial charge in [0.1, 0.15) is 12.1 Å². The maximum absolute atomic E-state index is 12.2. The lowest BCUT2D eigenvalue weighted by Gasteiger charge is -2.19. The fourth-order valence-corrected chi connectivity index (χ4v) is 2.59. The summed E-state index contributed by atoms with van der Waals surface area (Å²) in [5.74, 6) is -6.13. The Balaban J connectivity index is 4.81. The van der Waals surface area contributed by atoms with E-state index in [0.29, 0.717) is 12.2 Å². The van der Waals surface area contributed by atoms with Crippen LogP contribution in [0.1, 0.15) is 25.7 Å². The van der Waals surface area contributed by atoms with E-state index in [0.717, 1.165) is 0 Å². The first-order valence-electron chi connectivity index (χ1n) is 8.76. The summed E-state index contributed by atoms with van der Waals surface area (Å²) in [6, 6.07) is -3.92. The molecule has 0 aliphatic carbocycles. The van der Waals surface area contributed by atoms with Gasteiger partial charge >= 0.3 is 17.9 Å². The lowest BCUT2D eigenvalue weighted by molar-refractivity contribution is -0.143. The van der Waals surface area contributed by atoms with Crippen LogP contribution in [0.3, 0.4) is 0 Å². The van der Waals surface area contributed by atoms with Gasteiger partial charge in [0.2, 0.25) is 17.7 Å². The monoisotopic (exact) mass is 450 g/mol. The van der Waals surface area contributed by atoms with E-state index in [9.17, 15) is 28.8 Å². The van der Waals surface area contributed by atoms with E-state index in [1.165, 1.54) is 11.8 Å². The maximum atomic E-state index is 12.2.